The third-order valence-electron chi connectivity index (χ3n) is 3.00. The zero-order valence-corrected chi connectivity index (χ0v) is 12.5. The van der Waals surface area contributed by atoms with Gasteiger partial charge in [0, 0.05) is 18.7 Å². The monoisotopic (exact) mass is 298 g/mol. The summed E-state index contributed by atoms with van der Waals surface area (Å²) in [4.78, 5) is 8.82. The summed E-state index contributed by atoms with van der Waals surface area (Å²) in [5, 5.41) is 9.67. The van der Waals surface area contributed by atoms with Gasteiger partial charge >= 0.3 is 0 Å². The molecule has 3 rings (SSSR count). The van der Waals surface area contributed by atoms with Crippen LogP contribution in [0.1, 0.15) is 5.82 Å². The Morgan fingerprint density at radius 3 is 2.52 bits per heavy atom. The van der Waals surface area contributed by atoms with E-state index in [9.17, 15) is 0 Å². The SMILES string of the molecule is Cc1nnc(Sc2cc(N)nc(-c3ccccc3)n2)n1C. The van der Waals surface area contributed by atoms with Crippen LogP contribution in [0.3, 0.4) is 0 Å². The second-order valence-corrected chi connectivity index (χ2v) is 5.50. The highest BCUT2D eigenvalue weighted by Crippen LogP contribution is 2.27. The molecule has 21 heavy (non-hydrogen) atoms. The molecule has 1 aromatic carbocycles. The Balaban J connectivity index is 1.97. The van der Waals surface area contributed by atoms with Crippen LogP contribution in [0.5, 0.6) is 0 Å². The number of nitrogen functional groups attached to an aromatic ring is 1. The van der Waals surface area contributed by atoms with Gasteiger partial charge in [-0.05, 0) is 18.7 Å². The largest absolute Gasteiger partial charge is 0.384 e. The molecular weight excluding hydrogens is 284 g/mol. The van der Waals surface area contributed by atoms with Crippen molar-refractivity contribution in [2.75, 3.05) is 5.73 Å². The van der Waals surface area contributed by atoms with Gasteiger partial charge in [0.2, 0.25) is 0 Å². The molecule has 3 aromatic rings. The van der Waals surface area contributed by atoms with Gasteiger partial charge in [0.25, 0.3) is 0 Å². The van der Waals surface area contributed by atoms with Crippen LogP contribution in [0.4, 0.5) is 5.82 Å². The van der Waals surface area contributed by atoms with E-state index < -0.39 is 0 Å². The van der Waals surface area contributed by atoms with Crippen LogP contribution in [-0.2, 0) is 7.05 Å². The average Bonchev–Trinajstić information content (AvgIpc) is 2.80. The molecule has 6 nitrogen and oxygen atoms in total. The van der Waals surface area contributed by atoms with Crippen LogP contribution in [-0.4, -0.2) is 24.7 Å². The Labute approximate surface area is 126 Å². The summed E-state index contributed by atoms with van der Waals surface area (Å²) >= 11 is 1.42. The summed E-state index contributed by atoms with van der Waals surface area (Å²) in [6, 6.07) is 11.5. The van der Waals surface area contributed by atoms with Gasteiger partial charge in [0.05, 0.1) is 0 Å². The van der Waals surface area contributed by atoms with Crippen molar-refractivity contribution in [1.82, 2.24) is 24.7 Å². The zero-order valence-electron chi connectivity index (χ0n) is 11.7. The molecule has 0 atom stereocenters. The van der Waals surface area contributed by atoms with Crippen molar-refractivity contribution < 1.29 is 0 Å². The minimum absolute atomic E-state index is 0.435. The summed E-state index contributed by atoms with van der Waals surface area (Å²) < 4.78 is 1.91. The Bertz CT molecular complexity index is 768. The highest BCUT2D eigenvalue weighted by molar-refractivity contribution is 7.99. The van der Waals surface area contributed by atoms with Gasteiger partial charge in [-0.15, -0.1) is 10.2 Å². The molecule has 0 aliphatic rings. The van der Waals surface area contributed by atoms with E-state index >= 15 is 0 Å². The first-order chi connectivity index (χ1) is 10.1. The maximum atomic E-state index is 5.89. The van der Waals surface area contributed by atoms with Crippen LogP contribution in [0.15, 0.2) is 46.6 Å². The van der Waals surface area contributed by atoms with Gasteiger partial charge in [-0.2, -0.15) is 0 Å². The van der Waals surface area contributed by atoms with Gasteiger partial charge in [0.15, 0.2) is 11.0 Å². The van der Waals surface area contributed by atoms with E-state index in [1.807, 2.05) is 48.9 Å². The molecule has 2 heterocycles. The summed E-state index contributed by atoms with van der Waals surface area (Å²) in [6.45, 7) is 1.90. The number of anilines is 1. The van der Waals surface area contributed by atoms with Crippen molar-refractivity contribution in [3.05, 3.63) is 42.2 Å². The Morgan fingerprint density at radius 2 is 1.86 bits per heavy atom. The summed E-state index contributed by atoms with van der Waals surface area (Å²) in [5.41, 5.74) is 6.82. The van der Waals surface area contributed by atoms with Crippen molar-refractivity contribution in [1.29, 1.82) is 0 Å². The number of rotatable bonds is 3. The molecule has 2 aromatic heterocycles. The predicted molar refractivity (Wildman–Crippen MR) is 81.7 cm³/mol. The van der Waals surface area contributed by atoms with Crippen molar-refractivity contribution >= 4 is 17.6 Å². The number of benzene rings is 1. The number of nitrogens with two attached hydrogens (primary N) is 1. The van der Waals surface area contributed by atoms with Gasteiger partial charge in [0.1, 0.15) is 16.7 Å². The van der Waals surface area contributed by atoms with Crippen LogP contribution in [0.2, 0.25) is 0 Å². The number of nitrogens with zero attached hydrogens (tertiary/aromatic N) is 5. The molecular formula is C14H14N6S. The zero-order chi connectivity index (χ0) is 14.8. The molecule has 106 valence electrons. The van der Waals surface area contributed by atoms with Crippen molar-refractivity contribution in [3.63, 3.8) is 0 Å². The standard InChI is InChI=1S/C14H14N6S/c1-9-18-19-14(20(9)2)21-12-8-11(15)16-13(17-12)10-6-4-3-5-7-10/h3-8H,1-2H3,(H2,15,16,17). The van der Waals surface area contributed by atoms with E-state index in [0.717, 1.165) is 21.6 Å². The van der Waals surface area contributed by atoms with E-state index in [0.29, 0.717) is 11.6 Å². The fourth-order valence-corrected chi connectivity index (χ4v) is 2.63. The molecule has 0 spiro atoms. The van der Waals surface area contributed by atoms with Crippen molar-refractivity contribution in [2.24, 2.45) is 7.05 Å². The van der Waals surface area contributed by atoms with Gasteiger partial charge in [-0.25, -0.2) is 9.97 Å². The van der Waals surface area contributed by atoms with Crippen molar-refractivity contribution in [2.45, 2.75) is 17.1 Å². The first-order valence-electron chi connectivity index (χ1n) is 6.37. The smallest absolute Gasteiger partial charge is 0.197 e. The van der Waals surface area contributed by atoms with Crippen molar-refractivity contribution in [3.8, 4) is 11.4 Å². The predicted octanol–water partition coefficient (Wildman–Crippen LogP) is 2.31. The molecule has 0 amide bonds. The summed E-state index contributed by atoms with van der Waals surface area (Å²) in [7, 11) is 1.92. The lowest BCUT2D eigenvalue weighted by molar-refractivity contribution is 0.764. The lowest BCUT2D eigenvalue weighted by Crippen LogP contribution is -1.98. The number of aryl methyl sites for hydroxylation is 1. The van der Waals surface area contributed by atoms with Crippen LogP contribution in [0.25, 0.3) is 11.4 Å². The van der Waals surface area contributed by atoms with Crippen LogP contribution < -0.4 is 5.73 Å². The number of aromatic nitrogens is 5. The normalized spacial score (nSPS) is 10.8. The topological polar surface area (TPSA) is 82.5 Å². The van der Waals surface area contributed by atoms with Crippen LogP contribution in [0, 0.1) is 6.92 Å². The van der Waals surface area contributed by atoms with E-state index in [-0.39, 0.29) is 0 Å². The van der Waals surface area contributed by atoms with E-state index in [1.165, 1.54) is 11.8 Å². The third kappa shape index (κ3) is 2.87. The maximum absolute atomic E-state index is 5.89. The van der Waals surface area contributed by atoms with E-state index in [1.54, 1.807) is 6.07 Å². The highest BCUT2D eigenvalue weighted by Gasteiger charge is 2.11. The summed E-state index contributed by atoms with van der Waals surface area (Å²) in [5.74, 6) is 1.89. The lowest BCUT2D eigenvalue weighted by atomic mass is 10.2. The number of hydrogen-bond acceptors (Lipinski definition) is 6. The Hall–Kier alpha value is -2.41. The molecule has 0 bridgehead atoms. The second-order valence-electron chi connectivity index (χ2n) is 4.51. The van der Waals surface area contributed by atoms with E-state index in [4.69, 9.17) is 5.73 Å². The highest BCUT2D eigenvalue weighted by atomic mass is 32.2. The molecule has 2 N–H and O–H groups in total. The van der Waals surface area contributed by atoms with Gasteiger partial charge in [-0.1, -0.05) is 30.3 Å². The molecule has 0 aliphatic carbocycles. The molecule has 0 saturated heterocycles. The molecule has 7 heteroatoms. The Kier molecular flexibility index (Phi) is 3.57. The van der Waals surface area contributed by atoms with Gasteiger partial charge in [-0.3, -0.25) is 0 Å². The fraction of sp³-hybridized carbons (Fsp3) is 0.143. The molecule has 0 saturated carbocycles. The molecule has 0 fully saturated rings. The molecule has 0 unspecified atom stereocenters. The third-order valence-corrected chi connectivity index (χ3v) is 3.96. The Morgan fingerprint density at radius 1 is 1.10 bits per heavy atom. The van der Waals surface area contributed by atoms with E-state index in [2.05, 4.69) is 20.2 Å². The van der Waals surface area contributed by atoms with Gasteiger partial charge < -0.3 is 10.3 Å². The number of hydrogen-bond donors (Lipinski definition) is 1. The van der Waals surface area contributed by atoms with Crippen LogP contribution >= 0.6 is 11.8 Å². The first-order valence-corrected chi connectivity index (χ1v) is 7.19. The molecule has 0 radical (unpaired) electrons. The quantitative estimate of drug-likeness (QED) is 0.747. The lowest BCUT2D eigenvalue weighted by Gasteiger charge is -2.05. The fourth-order valence-electron chi connectivity index (χ4n) is 1.78. The average molecular weight is 298 g/mol. The molecule has 0 aliphatic heterocycles. The first kappa shape index (κ1) is 13.6. The summed E-state index contributed by atoms with van der Waals surface area (Å²) in [6.07, 6.45) is 0. The minimum atomic E-state index is 0.435. The maximum Gasteiger partial charge on any atom is 0.197 e. The second kappa shape index (κ2) is 5.53. The minimum Gasteiger partial charge on any atom is -0.384 e.